The molecule has 7 nitrogen and oxygen atoms in total. The Hall–Kier alpha value is -2.41. The molecule has 1 amide bonds. The molecule has 0 aliphatic carbocycles. The van der Waals surface area contributed by atoms with Gasteiger partial charge in [0.05, 0.1) is 5.92 Å². The minimum absolute atomic E-state index is 0.408. The molecule has 0 fully saturated rings. The first-order chi connectivity index (χ1) is 9.88. The van der Waals surface area contributed by atoms with Gasteiger partial charge in [-0.15, -0.1) is 0 Å². The molecule has 0 radical (unpaired) electrons. The van der Waals surface area contributed by atoms with Crippen molar-refractivity contribution in [1.29, 1.82) is 0 Å². The second-order valence-corrected chi connectivity index (χ2v) is 4.48. The molecule has 0 heterocycles. The highest BCUT2D eigenvalue weighted by atomic mass is 16.4. The molecule has 114 valence electrons. The van der Waals surface area contributed by atoms with Gasteiger partial charge >= 0.3 is 11.9 Å². The first-order valence-corrected chi connectivity index (χ1v) is 6.37. The second kappa shape index (κ2) is 7.39. The normalized spacial score (nSPS) is 14.8. The van der Waals surface area contributed by atoms with Crippen molar-refractivity contribution in [2.45, 2.75) is 31.4 Å². The predicted octanol–water partition coefficient (Wildman–Crippen LogP) is 0.195. The van der Waals surface area contributed by atoms with Gasteiger partial charge in [0.25, 0.3) is 0 Å². The van der Waals surface area contributed by atoms with E-state index in [9.17, 15) is 19.5 Å². The summed E-state index contributed by atoms with van der Waals surface area (Å²) in [6.45, 7) is 1.75. The average molecular weight is 295 g/mol. The number of rotatable bonds is 7. The van der Waals surface area contributed by atoms with Gasteiger partial charge in [-0.25, -0.2) is 9.59 Å². The van der Waals surface area contributed by atoms with E-state index in [-0.39, 0.29) is 0 Å². The summed E-state index contributed by atoms with van der Waals surface area (Å²) in [6.07, 6.45) is -1.80. The summed E-state index contributed by atoms with van der Waals surface area (Å²) < 4.78 is 0. The predicted molar refractivity (Wildman–Crippen MR) is 72.7 cm³/mol. The van der Waals surface area contributed by atoms with Gasteiger partial charge in [0, 0.05) is 0 Å². The molecule has 0 saturated carbocycles. The molecule has 1 rings (SSSR count). The molecule has 3 atom stereocenters. The lowest BCUT2D eigenvalue weighted by atomic mass is 9.95. The van der Waals surface area contributed by atoms with Crippen molar-refractivity contribution in [3.05, 3.63) is 35.9 Å². The summed E-state index contributed by atoms with van der Waals surface area (Å²) in [7, 11) is 0. The third-order valence-corrected chi connectivity index (χ3v) is 3.06. The molecule has 21 heavy (non-hydrogen) atoms. The van der Waals surface area contributed by atoms with Gasteiger partial charge in [-0.2, -0.15) is 0 Å². The molecule has 0 aromatic heterocycles. The van der Waals surface area contributed by atoms with Crippen molar-refractivity contribution in [3.63, 3.8) is 0 Å². The van der Waals surface area contributed by atoms with Crippen LogP contribution in [-0.2, 0) is 14.4 Å². The van der Waals surface area contributed by atoms with E-state index in [0.717, 1.165) is 0 Å². The molecular weight excluding hydrogens is 278 g/mol. The minimum Gasteiger partial charge on any atom is -0.480 e. The van der Waals surface area contributed by atoms with Crippen LogP contribution in [0.15, 0.2) is 30.3 Å². The molecule has 2 unspecified atom stereocenters. The third-order valence-electron chi connectivity index (χ3n) is 3.06. The highest BCUT2D eigenvalue weighted by molar-refractivity contribution is 5.91. The van der Waals surface area contributed by atoms with Crippen LogP contribution in [0, 0.1) is 0 Å². The molecule has 1 aromatic carbocycles. The zero-order valence-corrected chi connectivity index (χ0v) is 11.4. The Morgan fingerprint density at radius 1 is 1.10 bits per heavy atom. The van der Waals surface area contributed by atoms with E-state index < -0.39 is 35.9 Å². The number of carbonyl (C=O) groups is 3. The Kier molecular flexibility index (Phi) is 5.86. The van der Waals surface area contributed by atoms with E-state index in [1.54, 1.807) is 37.3 Å². The van der Waals surface area contributed by atoms with E-state index >= 15 is 0 Å². The second-order valence-electron chi connectivity index (χ2n) is 4.48. The van der Waals surface area contributed by atoms with E-state index in [2.05, 4.69) is 5.32 Å². The number of hydrogen-bond donors (Lipinski definition) is 4. The number of carboxylic acid groups (broad SMARTS) is 2. The van der Waals surface area contributed by atoms with Gasteiger partial charge in [0.15, 0.2) is 12.1 Å². The van der Waals surface area contributed by atoms with Crippen molar-refractivity contribution in [2.24, 2.45) is 0 Å². The zero-order chi connectivity index (χ0) is 16.0. The molecule has 4 N–H and O–H groups in total. The Morgan fingerprint density at radius 3 is 2.10 bits per heavy atom. The average Bonchev–Trinajstić information content (AvgIpc) is 2.45. The third kappa shape index (κ3) is 4.28. The van der Waals surface area contributed by atoms with Crippen LogP contribution in [-0.4, -0.2) is 45.3 Å². The van der Waals surface area contributed by atoms with Crippen LogP contribution in [0.25, 0.3) is 0 Å². The van der Waals surface area contributed by atoms with Crippen molar-refractivity contribution in [1.82, 2.24) is 5.32 Å². The van der Waals surface area contributed by atoms with Crippen LogP contribution in [0.3, 0.4) is 0 Å². The number of amides is 1. The molecular formula is C14H17NO6. The first-order valence-electron chi connectivity index (χ1n) is 6.37. The Labute approximate surface area is 121 Å². The van der Waals surface area contributed by atoms with Gasteiger partial charge in [-0.1, -0.05) is 37.3 Å². The van der Waals surface area contributed by atoms with Crippen LogP contribution in [0.2, 0.25) is 0 Å². The van der Waals surface area contributed by atoms with Crippen LogP contribution >= 0.6 is 0 Å². The fraction of sp³-hybridized carbons (Fsp3) is 0.357. The van der Waals surface area contributed by atoms with Gasteiger partial charge in [-0.3, -0.25) is 4.79 Å². The molecule has 0 spiro atoms. The Balaban J connectivity index is 2.90. The molecule has 0 saturated heterocycles. The molecule has 0 aliphatic rings. The number of hydrogen-bond acceptors (Lipinski definition) is 4. The maximum absolute atomic E-state index is 12.1. The maximum atomic E-state index is 12.1. The fourth-order valence-electron chi connectivity index (χ4n) is 1.93. The van der Waals surface area contributed by atoms with Crippen molar-refractivity contribution in [2.75, 3.05) is 0 Å². The van der Waals surface area contributed by atoms with Gasteiger partial charge < -0.3 is 20.6 Å². The number of aliphatic hydroxyl groups is 1. The summed E-state index contributed by atoms with van der Waals surface area (Å²) >= 11 is 0. The first kappa shape index (κ1) is 16.6. The summed E-state index contributed by atoms with van der Waals surface area (Å²) in [5, 5.41) is 29.0. The van der Waals surface area contributed by atoms with Crippen LogP contribution in [0.5, 0.6) is 0 Å². The zero-order valence-electron chi connectivity index (χ0n) is 11.4. The maximum Gasteiger partial charge on any atom is 0.335 e. The number of nitrogens with one attached hydrogen (secondary N) is 1. The summed E-state index contributed by atoms with van der Waals surface area (Å²) in [5.74, 6) is -4.58. The molecule has 1 aromatic rings. The smallest absolute Gasteiger partial charge is 0.335 e. The van der Waals surface area contributed by atoms with E-state index in [1.165, 1.54) is 0 Å². The monoisotopic (exact) mass is 295 g/mol. The molecule has 0 aliphatic heterocycles. The quantitative estimate of drug-likeness (QED) is 0.569. The Bertz CT molecular complexity index is 515. The SMILES string of the molecule is CCC(C(=O)N[C@H](C(=O)O)C(O)C(=O)O)c1ccccc1. The van der Waals surface area contributed by atoms with Gasteiger partial charge in [-0.05, 0) is 12.0 Å². The van der Waals surface area contributed by atoms with Crippen LogP contribution in [0.4, 0.5) is 0 Å². The number of benzene rings is 1. The van der Waals surface area contributed by atoms with Crippen LogP contribution in [0.1, 0.15) is 24.8 Å². The highest BCUT2D eigenvalue weighted by Gasteiger charge is 2.35. The van der Waals surface area contributed by atoms with Crippen molar-refractivity contribution >= 4 is 17.8 Å². The molecule has 0 bridgehead atoms. The summed E-state index contributed by atoms with van der Waals surface area (Å²) in [4.78, 5) is 33.8. The van der Waals surface area contributed by atoms with E-state index in [4.69, 9.17) is 10.2 Å². The number of carboxylic acids is 2. The lowest BCUT2D eigenvalue weighted by Crippen LogP contribution is -2.52. The van der Waals surface area contributed by atoms with E-state index in [0.29, 0.717) is 12.0 Å². The minimum atomic E-state index is -2.21. The van der Waals surface area contributed by atoms with Gasteiger partial charge in [0.1, 0.15) is 0 Å². The largest absolute Gasteiger partial charge is 0.480 e. The lowest BCUT2D eigenvalue weighted by molar-refractivity contribution is -0.157. The fourth-order valence-corrected chi connectivity index (χ4v) is 1.93. The van der Waals surface area contributed by atoms with Crippen LogP contribution < -0.4 is 5.32 Å². The van der Waals surface area contributed by atoms with Crippen molar-refractivity contribution in [3.8, 4) is 0 Å². The lowest BCUT2D eigenvalue weighted by Gasteiger charge is -2.21. The standard InChI is InChI=1S/C14H17NO6/c1-2-9(8-6-4-3-5-7-8)12(17)15-10(13(18)19)11(16)14(20)21/h3-7,9-11,16H,2H2,1H3,(H,15,17)(H,18,19)(H,20,21)/t9?,10-,11?/m0/s1. The Morgan fingerprint density at radius 2 is 1.67 bits per heavy atom. The van der Waals surface area contributed by atoms with Gasteiger partial charge in [0.2, 0.25) is 5.91 Å². The number of aliphatic carboxylic acids is 2. The topological polar surface area (TPSA) is 124 Å². The number of carbonyl (C=O) groups excluding carboxylic acids is 1. The summed E-state index contributed by atoms with van der Waals surface area (Å²) in [6, 6.07) is 6.81. The van der Waals surface area contributed by atoms with E-state index in [1.807, 2.05) is 0 Å². The number of aliphatic hydroxyl groups excluding tert-OH is 1. The summed E-state index contributed by atoms with van der Waals surface area (Å²) in [5.41, 5.74) is 0.687. The highest BCUT2D eigenvalue weighted by Crippen LogP contribution is 2.19. The van der Waals surface area contributed by atoms with Crippen molar-refractivity contribution < 1.29 is 29.7 Å². The molecule has 7 heteroatoms.